The third kappa shape index (κ3) is 3.36. The Morgan fingerprint density at radius 3 is 2.75 bits per heavy atom. The Morgan fingerprint density at radius 1 is 1.25 bits per heavy atom. The minimum Gasteiger partial charge on any atom is -0.481 e. The van der Waals surface area contributed by atoms with Crippen LogP contribution in [0.3, 0.4) is 0 Å². The summed E-state index contributed by atoms with van der Waals surface area (Å²) >= 11 is 5.85. The molecule has 1 aliphatic rings. The lowest BCUT2D eigenvalue weighted by molar-refractivity contribution is -0.121. The number of hydrogen-bond donors (Lipinski definition) is 1. The van der Waals surface area contributed by atoms with Gasteiger partial charge in [0.25, 0.3) is 11.8 Å². The number of likely N-dealkylation sites (N-methyl/N-ethyl adjacent to an activating group) is 1. The van der Waals surface area contributed by atoms with Crippen molar-refractivity contribution < 1.29 is 14.3 Å². The molecule has 2 aromatic rings. The van der Waals surface area contributed by atoms with Gasteiger partial charge in [0.2, 0.25) is 0 Å². The van der Waals surface area contributed by atoms with Gasteiger partial charge in [-0.2, -0.15) is 0 Å². The van der Waals surface area contributed by atoms with Gasteiger partial charge in [-0.3, -0.25) is 9.59 Å². The lowest BCUT2D eigenvalue weighted by atomic mass is 10.1. The third-order valence-electron chi connectivity index (χ3n) is 3.93. The second-order valence-corrected chi connectivity index (χ2v) is 5.96. The van der Waals surface area contributed by atoms with E-state index in [0.717, 1.165) is 5.56 Å². The molecule has 0 saturated carbocycles. The Hall–Kier alpha value is -2.53. The largest absolute Gasteiger partial charge is 0.481 e. The second kappa shape index (κ2) is 6.93. The highest BCUT2D eigenvalue weighted by molar-refractivity contribution is 6.30. The minimum absolute atomic E-state index is 0.0570. The van der Waals surface area contributed by atoms with Crippen molar-refractivity contribution in [2.45, 2.75) is 6.42 Å². The fraction of sp³-hybridized carbons (Fsp3) is 0.222. The van der Waals surface area contributed by atoms with Crippen LogP contribution in [0.5, 0.6) is 5.75 Å². The SMILES string of the molecule is CN1C(=O)COc2c(C(=O)NCCc3ccc(Cl)cc3)cccc21. The van der Waals surface area contributed by atoms with Crippen LogP contribution in [0.4, 0.5) is 5.69 Å². The molecule has 1 N–H and O–H groups in total. The van der Waals surface area contributed by atoms with Crippen molar-refractivity contribution in [3.63, 3.8) is 0 Å². The molecule has 0 radical (unpaired) electrons. The van der Waals surface area contributed by atoms with Gasteiger partial charge >= 0.3 is 0 Å². The first-order chi connectivity index (χ1) is 11.6. The number of benzene rings is 2. The molecule has 124 valence electrons. The fourth-order valence-corrected chi connectivity index (χ4v) is 2.68. The molecule has 0 spiro atoms. The van der Waals surface area contributed by atoms with Crippen LogP contribution in [-0.4, -0.2) is 32.0 Å². The molecule has 0 atom stereocenters. The molecule has 0 fully saturated rings. The lowest BCUT2D eigenvalue weighted by Gasteiger charge is -2.27. The minimum atomic E-state index is -0.219. The zero-order valence-electron chi connectivity index (χ0n) is 13.2. The molecule has 2 amide bonds. The Balaban J connectivity index is 1.67. The molecule has 1 heterocycles. The van der Waals surface area contributed by atoms with Gasteiger partial charge in [0, 0.05) is 18.6 Å². The predicted octanol–water partition coefficient (Wildman–Crippen LogP) is 2.67. The summed E-state index contributed by atoms with van der Waals surface area (Å²) in [4.78, 5) is 25.6. The zero-order valence-corrected chi connectivity index (χ0v) is 14.0. The van der Waals surface area contributed by atoms with E-state index in [-0.39, 0.29) is 18.4 Å². The molecule has 24 heavy (non-hydrogen) atoms. The predicted molar refractivity (Wildman–Crippen MR) is 92.8 cm³/mol. The summed E-state index contributed by atoms with van der Waals surface area (Å²) in [5.41, 5.74) is 2.14. The molecule has 0 bridgehead atoms. The van der Waals surface area contributed by atoms with Crippen LogP contribution < -0.4 is 15.0 Å². The van der Waals surface area contributed by atoms with Gasteiger partial charge in [-0.1, -0.05) is 29.8 Å². The molecule has 0 unspecified atom stereocenters. The van der Waals surface area contributed by atoms with Crippen molar-refractivity contribution >= 4 is 29.1 Å². The molecular formula is C18H17ClN2O3. The Morgan fingerprint density at radius 2 is 2.00 bits per heavy atom. The van der Waals surface area contributed by atoms with Crippen molar-refractivity contribution in [1.82, 2.24) is 5.32 Å². The molecule has 1 aliphatic heterocycles. The first-order valence-corrected chi connectivity index (χ1v) is 7.99. The van der Waals surface area contributed by atoms with E-state index >= 15 is 0 Å². The van der Waals surface area contributed by atoms with Gasteiger partial charge in [-0.25, -0.2) is 0 Å². The maximum atomic E-state index is 12.4. The Kier molecular flexibility index (Phi) is 4.71. The molecule has 0 aromatic heterocycles. The monoisotopic (exact) mass is 344 g/mol. The van der Waals surface area contributed by atoms with E-state index in [4.69, 9.17) is 16.3 Å². The smallest absolute Gasteiger partial charge is 0.264 e. The summed E-state index contributed by atoms with van der Waals surface area (Å²) in [5, 5.41) is 3.57. The molecule has 5 nitrogen and oxygen atoms in total. The van der Waals surface area contributed by atoms with Crippen molar-refractivity contribution in [1.29, 1.82) is 0 Å². The van der Waals surface area contributed by atoms with Crippen LogP contribution in [0.1, 0.15) is 15.9 Å². The summed E-state index contributed by atoms with van der Waals surface area (Å²) in [5.74, 6) is 0.0925. The Bertz CT molecular complexity index is 774. The number of amides is 2. The maximum Gasteiger partial charge on any atom is 0.264 e. The molecule has 0 aliphatic carbocycles. The number of ether oxygens (including phenoxy) is 1. The van der Waals surface area contributed by atoms with E-state index in [1.54, 1.807) is 25.2 Å². The Labute approximate surface area is 145 Å². The standard InChI is InChI=1S/C18H17ClN2O3/c1-21-15-4-2-3-14(17(15)24-11-16(21)22)18(23)20-10-9-12-5-7-13(19)8-6-12/h2-8H,9-11H2,1H3,(H,20,23). The highest BCUT2D eigenvalue weighted by Crippen LogP contribution is 2.34. The maximum absolute atomic E-state index is 12.4. The number of fused-ring (bicyclic) bond motifs is 1. The van der Waals surface area contributed by atoms with E-state index in [9.17, 15) is 9.59 Å². The quantitative estimate of drug-likeness (QED) is 0.927. The van der Waals surface area contributed by atoms with Crippen LogP contribution in [0.15, 0.2) is 42.5 Å². The number of anilines is 1. The van der Waals surface area contributed by atoms with Gasteiger partial charge in [-0.15, -0.1) is 0 Å². The number of halogens is 1. The number of nitrogens with zero attached hydrogens (tertiary/aromatic N) is 1. The van der Waals surface area contributed by atoms with Crippen molar-refractivity contribution in [2.24, 2.45) is 0 Å². The van der Waals surface area contributed by atoms with Gasteiger partial charge < -0.3 is 15.0 Å². The lowest BCUT2D eigenvalue weighted by Crippen LogP contribution is -2.36. The second-order valence-electron chi connectivity index (χ2n) is 5.53. The number of rotatable bonds is 4. The summed E-state index contributed by atoms with van der Waals surface area (Å²) in [7, 11) is 1.67. The first kappa shape index (κ1) is 16.3. The number of carbonyl (C=O) groups is 2. The van der Waals surface area contributed by atoms with E-state index in [1.165, 1.54) is 4.90 Å². The molecule has 6 heteroatoms. The average molecular weight is 345 g/mol. The normalized spacial score (nSPS) is 13.2. The fourth-order valence-electron chi connectivity index (χ4n) is 2.55. The van der Waals surface area contributed by atoms with Crippen molar-refractivity contribution in [3.05, 3.63) is 58.6 Å². The van der Waals surface area contributed by atoms with Crippen molar-refractivity contribution in [2.75, 3.05) is 25.1 Å². The van der Waals surface area contributed by atoms with E-state index in [2.05, 4.69) is 5.32 Å². The number of carbonyl (C=O) groups excluding carboxylic acids is 2. The summed E-state index contributed by atoms with van der Waals surface area (Å²) in [6, 6.07) is 12.7. The van der Waals surface area contributed by atoms with Gasteiger partial charge in [-0.05, 0) is 36.2 Å². The topological polar surface area (TPSA) is 58.6 Å². The van der Waals surface area contributed by atoms with Crippen LogP contribution in [-0.2, 0) is 11.2 Å². The van der Waals surface area contributed by atoms with Crippen LogP contribution in [0.25, 0.3) is 0 Å². The number of nitrogens with one attached hydrogen (secondary N) is 1. The first-order valence-electron chi connectivity index (χ1n) is 7.61. The average Bonchev–Trinajstić information content (AvgIpc) is 2.59. The number of para-hydroxylation sites is 1. The summed E-state index contributed by atoms with van der Waals surface area (Å²) < 4.78 is 5.47. The van der Waals surface area contributed by atoms with Gasteiger partial charge in [0.15, 0.2) is 12.4 Å². The van der Waals surface area contributed by atoms with E-state index in [1.807, 2.05) is 24.3 Å². The highest BCUT2D eigenvalue weighted by Gasteiger charge is 2.26. The van der Waals surface area contributed by atoms with Crippen LogP contribution in [0.2, 0.25) is 5.02 Å². The zero-order chi connectivity index (χ0) is 17.1. The van der Waals surface area contributed by atoms with E-state index in [0.29, 0.717) is 35.0 Å². The third-order valence-corrected chi connectivity index (χ3v) is 4.18. The van der Waals surface area contributed by atoms with E-state index < -0.39 is 0 Å². The van der Waals surface area contributed by atoms with Crippen molar-refractivity contribution in [3.8, 4) is 5.75 Å². The van der Waals surface area contributed by atoms with Crippen LogP contribution in [0, 0.1) is 0 Å². The van der Waals surface area contributed by atoms with Gasteiger partial charge in [0.05, 0.1) is 11.3 Å². The highest BCUT2D eigenvalue weighted by atomic mass is 35.5. The van der Waals surface area contributed by atoms with Gasteiger partial charge in [0.1, 0.15) is 0 Å². The molecule has 0 saturated heterocycles. The van der Waals surface area contributed by atoms with Crippen LogP contribution >= 0.6 is 11.6 Å². The summed E-state index contributed by atoms with van der Waals surface area (Å²) in [6.45, 7) is 0.442. The molecule has 3 rings (SSSR count). The molecule has 2 aromatic carbocycles. The number of hydrogen-bond acceptors (Lipinski definition) is 3. The summed E-state index contributed by atoms with van der Waals surface area (Å²) in [6.07, 6.45) is 0.706. The molecular weight excluding hydrogens is 328 g/mol.